The number of para-hydroxylation sites is 1. The van der Waals surface area contributed by atoms with E-state index >= 15 is 0 Å². The molecule has 0 saturated heterocycles. The summed E-state index contributed by atoms with van der Waals surface area (Å²) < 4.78 is 28.3. The smallest absolute Gasteiger partial charge is 0.259 e. The first-order valence-electron chi connectivity index (χ1n) is 5.70. The molecule has 0 spiro atoms. The maximum atomic E-state index is 13.9. The lowest BCUT2D eigenvalue weighted by atomic mass is 10.1. The largest absolute Gasteiger partial charge is 0.306 e. The predicted molar refractivity (Wildman–Crippen MR) is 80.4 cm³/mol. The van der Waals surface area contributed by atoms with Crippen LogP contribution in [0.5, 0.6) is 0 Å². The van der Waals surface area contributed by atoms with Crippen LogP contribution in [0.2, 0.25) is 0 Å². The second-order valence-corrected chi connectivity index (χ2v) is 5.42. The third-order valence-electron chi connectivity index (χ3n) is 2.86. The molecule has 1 heterocycles. The van der Waals surface area contributed by atoms with Crippen LogP contribution in [-0.4, -0.2) is 9.97 Å². The van der Waals surface area contributed by atoms with Gasteiger partial charge in [0.2, 0.25) is 0 Å². The quantitative estimate of drug-likeness (QED) is 0.654. The minimum Gasteiger partial charge on any atom is -0.306 e. The molecule has 3 aromatic rings. The van der Waals surface area contributed by atoms with E-state index in [9.17, 15) is 13.6 Å². The molecule has 0 saturated carbocycles. The molecule has 1 N–H and O–H groups in total. The van der Waals surface area contributed by atoms with Crippen LogP contribution < -0.4 is 5.56 Å². The number of fused-ring (bicyclic) bond motifs is 1. The molecule has 1 aromatic heterocycles. The van der Waals surface area contributed by atoms with Gasteiger partial charge in [-0.05, 0) is 46.9 Å². The van der Waals surface area contributed by atoms with Crippen molar-refractivity contribution in [2.24, 2.45) is 0 Å². The average Bonchev–Trinajstić information content (AvgIpc) is 2.37. The average molecular weight is 384 g/mol. The molecular formula is C14H7F2IN2O. The van der Waals surface area contributed by atoms with Crippen molar-refractivity contribution in [2.75, 3.05) is 0 Å². The summed E-state index contributed by atoms with van der Waals surface area (Å²) in [6.45, 7) is 0. The fraction of sp³-hybridized carbons (Fsp3) is 0. The molecule has 3 rings (SSSR count). The van der Waals surface area contributed by atoms with Crippen LogP contribution in [0.25, 0.3) is 22.3 Å². The number of hydrogen-bond donors (Lipinski definition) is 1. The Morgan fingerprint density at radius 3 is 2.45 bits per heavy atom. The summed E-state index contributed by atoms with van der Waals surface area (Å²) >= 11 is 1.82. The number of H-pyrrole nitrogens is 1. The first-order valence-corrected chi connectivity index (χ1v) is 6.78. The SMILES string of the molecule is O=c1[nH]c(-c2c(F)cc(I)cc2F)nc2ccccc12. The van der Waals surface area contributed by atoms with E-state index in [0.717, 1.165) is 0 Å². The van der Waals surface area contributed by atoms with E-state index in [4.69, 9.17) is 0 Å². The van der Waals surface area contributed by atoms with Crippen molar-refractivity contribution in [1.82, 2.24) is 9.97 Å². The number of nitrogens with one attached hydrogen (secondary N) is 1. The van der Waals surface area contributed by atoms with Gasteiger partial charge in [0.05, 0.1) is 16.5 Å². The van der Waals surface area contributed by atoms with Crippen molar-refractivity contribution in [1.29, 1.82) is 0 Å². The van der Waals surface area contributed by atoms with Crippen molar-refractivity contribution in [3.63, 3.8) is 0 Å². The van der Waals surface area contributed by atoms with E-state index < -0.39 is 17.2 Å². The Labute approximate surface area is 125 Å². The molecule has 0 atom stereocenters. The molecule has 0 aliphatic rings. The van der Waals surface area contributed by atoms with Gasteiger partial charge in [-0.25, -0.2) is 13.8 Å². The molecule has 0 radical (unpaired) electrons. The highest BCUT2D eigenvalue weighted by Crippen LogP contribution is 2.25. The van der Waals surface area contributed by atoms with Crippen LogP contribution >= 0.6 is 22.6 Å². The fourth-order valence-corrected chi connectivity index (χ4v) is 2.52. The molecule has 0 fully saturated rings. The summed E-state index contributed by atoms with van der Waals surface area (Å²) in [5, 5.41) is 0.377. The molecule has 6 heteroatoms. The van der Waals surface area contributed by atoms with Gasteiger partial charge in [-0.1, -0.05) is 12.1 Å². The molecular weight excluding hydrogens is 377 g/mol. The minimum absolute atomic E-state index is 0.111. The van der Waals surface area contributed by atoms with Crippen molar-refractivity contribution in [3.05, 3.63) is 62.0 Å². The number of aromatic nitrogens is 2. The van der Waals surface area contributed by atoms with Crippen LogP contribution in [0.15, 0.2) is 41.2 Å². The third kappa shape index (κ3) is 2.20. The Morgan fingerprint density at radius 2 is 1.75 bits per heavy atom. The van der Waals surface area contributed by atoms with Gasteiger partial charge in [0.1, 0.15) is 17.5 Å². The van der Waals surface area contributed by atoms with Gasteiger partial charge in [-0.3, -0.25) is 4.79 Å². The van der Waals surface area contributed by atoms with E-state index in [0.29, 0.717) is 14.5 Å². The Hall–Kier alpha value is -1.83. The number of hydrogen-bond acceptors (Lipinski definition) is 2. The maximum Gasteiger partial charge on any atom is 0.259 e. The summed E-state index contributed by atoms with van der Waals surface area (Å²) in [7, 11) is 0. The zero-order valence-corrected chi connectivity index (χ0v) is 12.1. The molecule has 0 bridgehead atoms. The Balaban J connectivity index is 2.33. The lowest BCUT2D eigenvalue weighted by Gasteiger charge is -2.06. The van der Waals surface area contributed by atoms with Gasteiger partial charge in [-0.15, -0.1) is 0 Å². The monoisotopic (exact) mass is 384 g/mol. The van der Waals surface area contributed by atoms with Gasteiger partial charge in [-0.2, -0.15) is 0 Å². The van der Waals surface area contributed by atoms with E-state index in [1.165, 1.54) is 12.1 Å². The van der Waals surface area contributed by atoms with Crippen molar-refractivity contribution >= 4 is 33.5 Å². The van der Waals surface area contributed by atoms with Crippen LogP contribution in [0.1, 0.15) is 0 Å². The summed E-state index contributed by atoms with van der Waals surface area (Å²) in [4.78, 5) is 18.5. The Kier molecular flexibility index (Phi) is 3.25. The van der Waals surface area contributed by atoms with E-state index in [2.05, 4.69) is 9.97 Å². The number of halogens is 3. The minimum atomic E-state index is -0.757. The van der Waals surface area contributed by atoms with Crippen molar-refractivity contribution in [3.8, 4) is 11.4 Å². The van der Waals surface area contributed by atoms with Crippen LogP contribution in [0, 0.1) is 15.2 Å². The Bertz CT molecular complexity index is 853. The normalized spacial score (nSPS) is 10.9. The Morgan fingerprint density at radius 1 is 1.10 bits per heavy atom. The fourth-order valence-electron chi connectivity index (χ4n) is 1.97. The highest BCUT2D eigenvalue weighted by molar-refractivity contribution is 14.1. The van der Waals surface area contributed by atoms with E-state index in [1.54, 1.807) is 24.3 Å². The summed E-state index contributed by atoms with van der Waals surface area (Å²) in [6.07, 6.45) is 0. The lowest BCUT2D eigenvalue weighted by molar-refractivity contribution is 0.586. The zero-order chi connectivity index (χ0) is 14.3. The molecule has 3 nitrogen and oxygen atoms in total. The van der Waals surface area contributed by atoms with Gasteiger partial charge >= 0.3 is 0 Å². The number of benzene rings is 2. The molecule has 20 heavy (non-hydrogen) atoms. The summed E-state index contributed by atoms with van der Waals surface area (Å²) in [6, 6.07) is 9.01. The second kappa shape index (κ2) is 4.93. The number of rotatable bonds is 1. The molecule has 0 aliphatic heterocycles. The van der Waals surface area contributed by atoms with Gasteiger partial charge in [0.15, 0.2) is 0 Å². The van der Waals surface area contributed by atoms with Gasteiger partial charge < -0.3 is 4.98 Å². The third-order valence-corrected chi connectivity index (χ3v) is 3.48. The van der Waals surface area contributed by atoms with Crippen molar-refractivity contribution < 1.29 is 8.78 Å². The van der Waals surface area contributed by atoms with Gasteiger partial charge in [0, 0.05) is 3.57 Å². The lowest BCUT2D eigenvalue weighted by Crippen LogP contribution is -2.10. The molecule has 100 valence electrons. The highest BCUT2D eigenvalue weighted by Gasteiger charge is 2.16. The first-order chi connectivity index (χ1) is 9.56. The van der Waals surface area contributed by atoms with Crippen LogP contribution in [-0.2, 0) is 0 Å². The van der Waals surface area contributed by atoms with Crippen LogP contribution in [0.4, 0.5) is 8.78 Å². The number of nitrogens with zero attached hydrogens (tertiary/aromatic N) is 1. The van der Waals surface area contributed by atoms with Gasteiger partial charge in [0.25, 0.3) is 5.56 Å². The predicted octanol–water partition coefficient (Wildman–Crippen LogP) is 3.47. The standard InChI is InChI=1S/C14H7F2IN2O/c15-9-5-7(17)6-10(16)12(9)13-18-11-4-2-1-3-8(11)14(20)19-13/h1-6H,(H,18,19,20). The molecule has 2 aromatic carbocycles. The van der Waals surface area contributed by atoms with E-state index in [1.807, 2.05) is 22.6 Å². The first kappa shape index (κ1) is 13.2. The maximum absolute atomic E-state index is 13.9. The second-order valence-electron chi connectivity index (χ2n) is 4.18. The summed E-state index contributed by atoms with van der Waals surface area (Å²) in [5.41, 5.74) is -0.361. The number of aromatic amines is 1. The summed E-state index contributed by atoms with van der Waals surface area (Å²) in [5.74, 6) is -1.62. The topological polar surface area (TPSA) is 45.8 Å². The zero-order valence-electron chi connectivity index (χ0n) is 9.95. The highest BCUT2D eigenvalue weighted by atomic mass is 127. The van der Waals surface area contributed by atoms with Crippen LogP contribution in [0.3, 0.4) is 0 Å². The molecule has 0 amide bonds. The van der Waals surface area contributed by atoms with Crippen molar-refractivity contribution in [2.45, 2.75) is 0 Å². The molecule has 0 aliphatic carbocycles. The molecule has 0 unspecified atom stereocenters. The van der Waals surface area contributed by atoms with E-state index in [-0.39, 0.29) is 11.4 Å².